The fourth-order valence-corrected chi connectivity index (χ4v) is 2.29. The Labute approximate surface area is 149 Å². The summed E-state index contributed by atoms with van der Waals surface area (Å²) in [6, 6.07) is 6.18. The van der Waals surface area contributed by atoms with Gasteiger partial charge >= 0.3 is 0 Å². The van der Waals surface area contributed by atoms with Crippen LogP contribution < -0.4 is 5.32 Å². The maximum absolute atomic E-state index is 13.6. The number of benzene rings is 1. The standard InChI is InChI=1S/C18H20F2N2O4/c1-25-10-8-22(12-14-3-2-9-26-14)17(23)6-7-21-18(24)15-5-4-13(19)11-16(15)20/h2-5,9,11H,6-8,10,12H2,1H3,(H,21,24). The van der Waals surface area contributed by atoms with Crippen LogP contribution in [-0.2, 0) is 16.1 Å². The first-order valence-electron chi connectivity index (χ1n) is 8.03. The van der Waals surface area contributed by atoms with E-state index < -0.39 is 17.5 Å². The Balaban J connectivity index is 1.87. The van der Waals surface area contributed by atoms with Crippen molar-refractivity contribution in [2.75, 3.05) is 26.8 Å². The van der Waals surface area contributed by atoms with Gasteiger partial charge in [-0.3, -0.25) is 9.59 Å². The van der Waals surface area contributed by atoms with Crippen molar-refractivity contribution in [2.24, 2.45) is 0 Å². The van der Waals surface area contributed by atoms with E-state index in [2.05, 4.69) is 5.32 Å². The summed E-state index contributed by atoms with van der Waals surface area (Å²) in [5.41, 5.74) is -0.273. The Morgan fingerprint density at radius 1 is 1.27 bits per heavy atom. The summed E-state index contributed by atoms with van der Waals surface area (Å²) in [5.74, 6) is -2.00. The normalized spacial score (nSPS) is 10.6. The Morgan fingerprint density at radius 3 is 2.73 bits per heavy atom. The summed E-state index contributed by atoms with van der Waals surface area (Å²) in [6.45, 7) is 1.04. The highest BCUT2D eigenvalue weighted by Crippen LogP contribution is 2.10. The van der Waals surface area contributed by atoms with Crippen molar-refractivity contribution in [1.82, 2.24) is 10.2 Å². The minimum atomic E-state index is -0.951. The Hall–Kier alpha value is -2.74. The zero-order chi connectivity index (χ0) is 18.9. The Kier molecular flexibility index (Phi) is 7.28. The van der Waals surface area contributed by atoms with Gasteiger partial charge in [-0.05, 0) is 24.3 Å². The molecule has 2 aromatic rings. The lowest BCUT2D eigenvalue weighted by Crippen LogP contribution is -2.36. The molecular formula is C18H20F2N2O4. The molecule has 0 spiro atoms. The maximum Gasteiger partial charge on any atom is 0.254 e. The molecule has 0 unspecified atom stereocenters. The quantitative estimate of drug-likeness (QED) is 0.740. The van der Waals surface area contributed by atoms with E-state index in [1.807, 2.05) is 0 Å². The van der Waals surface area contributed by atoms with E-state index in [9.17, 15) is 18.4 Å². The van der Waals surface area contributed by atoms with Gasteiger partial charge in [-0.25, -0.2) is 8.78 Å². The van der Waals surface area contributed by atoms with Crippen LogP contribution in [0.15, 0.2) is 41.0 Å². The van der Waals surface area contributed by atoms with E-state index in [-0.39, 0.29) is 31.0 Å². The number of rotatable bonds is 9. The number of nitrogens with one attached hydrogen (secondary N) is 1. The number of nitrogens with zero attached hydrogens (tertiary/aromatic N) is 1. The van der Waals surface area contributed by atoms with Crippen LogP contribution in [0.2, 0.25) is 0 Å². The number of carbonyl (C=O) groups is 2. The first kappa shape index (κ1) is 19.6. The van der Waals surface area contributed by atoms with Crippen LogP contribution in [0, 0.1) is 11.6 Å². The third kappa shape index (κ3) is 5.66. The van der Waals surface area contributed by atoms with Crippen molar-refractivity contribution < 1.29 is 27.5 Å². The summed E-state index contributed by atoms with van der Waals surface area (Å²) in [6.07, 6.45) is 1.55. The summed E-state index contributed by atoms with van der Waals surface area (Å²) < 4.78 is 36.7. The molecule has 0 atom stereocenters. The molecule has 140 valence electrons. The van der Waals surface area contributed by atoms with E-state index in [4.69, 9.17) is 9.15 Å². The molecule has 0 bridgehead atoms. The van der Waals surface area contributed by atoms with Crippen LogP contribution in [0.3, 0.4) is 0 Å². The van der Waals surface area contributed by atoms with Gasteiger partial charge in [0.2, 0.25) is 5.91 Å². The third-order valence-electron chi connectivity index (χ3n) is 3.65. The number of ether oxygens (including phenoxy) is 1. The number of furan rings is 1. The fraction of sp³-hybridized carbons (Fsp3) is 0.333. The molecule has 2 amide bonds. The van der Waals surface area contributed by atoms with Crippen LogP contribution >= 0.6 is 0 Å². The number of halogens is 2. The van der Waals surface area contributed by atoms with Crippen molar-refractivity contribution in [2.45, 2.75) is 13.0 Å². The molecule has 6 nitrogen and oxygen atoms in total. The SMILES string of the molecule is COCCN(Cc1ccco1)C(=O)CCNC(=O)c1ccc(F)cc1F. The molecule has 0 saturated heterocycles. The van der Waals surface area contributed by atoms with E-state index in [0.29, 0.717) is 25.0 Å². The van der Waals surface area contributed by atoms with Crippen molar-refractivity contribution >= 4 is 11.8 Å². The van der Waals surface area contributed by atoms with Gasteiger partial charge in [0.1, 0.15) is 17.4 Å². The van der Waals surface area contributed by atoms with Crippen LogP contribution in [0.1, 0.15) is 22.5 Å². The lowest BCUT2D eigenvalue weighted by molar-refractivity contribution is -0.132. The molecule has 26 heavy (non-hydrogen) atoms. The number of carbonyl (C=O) groups excluding carboxylic acids is 2. The summed E-state index contributed by atoms with van der Waals surface area (Å²) in [7, 11) is 1.53. The molecule has 0 aliphatic heterocycles. The Bertz CT molecular complexity index is 735. The van der Waals surface area contributed by atoms with Crippen LogP contribution in [-0.4, -0.2) is 43.5 Å². The van der Waals surface area contributed by atoms with Gasteiger partial charge in [0, 0.05) is 32.7 Å². The zero-order valence-corrected chi connectivity index (χ0v) is 14.3. The average Bonchev–Trinajstić information content (AvgIpc) is 3.11. The summed E-state index contributed by atoms with van der Waals surface area (Å²) in [4.78, 5) is 25.8. The molecule has 0 aliphatic carbocycles. The van der Waals surface area contributed by atoms with E-state index in [0.717, 1.165) is 12.1 Å². The van der Waals surface area contributed by atoms with Gasteiger partial charge < -0.3 is 19.4 Å². The summed E-state index contributed by atoms with van der Waals surface area (Å²) >= 11 is 0. The lowest BCUT2D eigenvalue weighted by atomic mass is 10.2. The molecule has 1 heterocycles. The molecule has 0 saturated carbocycles. The van der Waals surface area contributed by atoms with Gasteiger partial charge in [-0.1, -0.05) is 0 Å². The monoisotopic (exact) mass is 366 g/mol. The van der Waals surface area contributed by atoms with E-state index in [1.165, 1.54) is 13.4 Å². The van der Waals surface area contributed by atoms with Gasteiger partial charge in [0.15, 0.2) is 0 Å². The highest BCUT2D eigenvalue weighted by atomic mass is 19.1. The van der Waals surface area contributed by atoms with Gasteiger partial charge in [0.25, 0.3) is 5.91 Å². The van der Waals surface area contributed by atoms with Gasteiger partial charge in [-0.2, -0.15) is 0 Å². The smallest absolute Gasteiger partial charge is 0.254 e. The second kappa shape index (κ2) is 9.67. The minimum Gasteiger partial charge on any atom is -0.467 e. The molecular weight excluding hydrogens is 346 g/mol. The van der Waals surface area contributed by atoms with E-state index >= 15 is 0 Å². The number of hydrogen-bond donors (Lipinski definition) is 1. The molecule has 1 aromatic heterocycles. The second-order valence-electron chi connectivity index (χ2n) is 5.52. The lowest BCUT2D eigenvalue weighted by Gasteiger charge is -2.21. The molecule has 0 radical (unpaired) electrons. The number of hydrogen-bond acceptors (Lipinski definition) is 4. The van der Waals surface area contributed by atoms with Crippen LogP contribution in [0.4, 0.5) is 8.78 Å². The van der Waals surface area contributed by atoms with E-state index in [1.54, 1.807) is 17.0 Å². The summed E-state index contributed by atoms with van der Waals surface area (Å²) in [5, 5.41) is 2.46. The third-order valence-corrected chi connectivity index (χ3v) is 3.65. The van der Waals surface area contributed by atoms with Gasteiger partial charge in [-0.15, -0.1) is 0 Å². The van der Waals surface area contributed by atoms with Crippen molar-refractivity contribution in [1.29, 1.82) is 0 Å². The van der Waals surface area contributed by atoms with Crippen molar-refractivity contribution in [3.05, 3.63) is 59.6 Å². The highest BCUT2D eigenvalue weighted by Gasteiger charge is 2.17. The first-order chi connectivity index (χ1) is 12.5. The highest BCUT2D eigenvalue weighted by molar-refractivity contribution is 5.94. The van der Waals surface area contributed by atoms with Crippen molar-refractivity contribution in [3.8, 4) is 0 Å². The Morgan fingerprint density at radius 2 is 2.08 bits per heavy atom. The largest absolute Gasteiger partial charge is 0.467 e. The zero-order valence-electron chi connectivity index (χ0n) is 14.3. The van der Waals surface area contributed by atoms with Crippen LogP contribution in [0.5, 0.6) is 0 Å². The van der Waals surface area contributed by atoms with Crippen molar-refractivity contribution in [3.63, 3.8) is 0 Å². The van der Waals surface area contributed by atoms with Gasteiger partial charge in [0.05, 0.1) is 25.0 Å². The molecule has 0 aliphatic rings. The predicted molar refractivity (Wildman–Crippen MR) is 89.3 cm³/mol. The maximum atomic E-state index is 13.6. The topological polar surface area (TPSA) is 71.8 Å². The second-order valence-corrected chi connectivity index (χ2v) is 5.52. The minimum absolute atomic E-state index is 0.0239. The molecule has 2 rings (SSSR count). The molecule has 8 heteroatoms. The number of amides is 2. The average molecular weight is 366 g/mol. The number of methoxy groups -OCH3 is 1. The molecule has 1 aromatic carbocycles. The van der Waals surface area contributed by atoms with Crippen LogP contribution in [0.25, 0.3) is 0 Å². The molecule has 0 fully saturated rings. The first-order valence-corrected chi connectivity index (χ1v) is 8.03. The molecule has 1 N–H and O–H groups in total. The predicted octanol–water partition coefficient (Wildman–Crippen LogP) is 2.35. The fourth-order valence-electron chi connectivity index (χ4n) is 2.29.